The molecule has 2 amide bonds. The zero-order valence-corrected chi connectivity index (χ0v) is 14.3. The molecule has 7 nitrogen and oxygen atoms in total. The zero-order valence-electron chi connectivity index (χ0n) is 14.3. The first-order valence-corrected chi connectivity index (χ1v) is 8.63. The molecule has 2 N–H and O–H groups in total. The van der Waals surface area contributed by atoms with Crippen molar-refractivity contribution in [3.63, 3.8) is 0 Å². The fourth-order valence-corrected chi connectivity index (χ4v) is 3.22. The Bertz CT molecular complexity index is 728. The molecule has 25 heavy (non-hydrogen) atoms. The molecule has 1 aliphatic carbocycles. The van der Waals surface area contributed by atoms with E-state index in [1.807, 2.05) is 0 Å². The highest BCUT2D eigenvalue weighted by molar-refractivity contribution is 5.92. The third-order valence-corrected chi connectivity index (χ3v) is 4.46. The van der Waals surface area contributed by atoms with Crippen molar-refractivity contribution in [2.45, 2.75) is 39.2 Å². The van der Waals surface area contributed by atoms with Crippen molar-refractivity contribution >= 4 is 23.2 Å². The number of hydrogen-bond acceptors (Lipinski definition) is 4. The maximum absolute atomic E-state index is 12.4. The fraction of sp³-hybridized carbons (Fsp3) is 0.444. The van der Waals surface area contributed by atoms with Crippen LogP contribution < -0.4 is 10.6 Å². The summed E-state index contributed by atoms with van der Waals surface area (Å²) in [6, 6.07) is 3.52. The lowest BCUT2D eigenvalue weighted by atomic mass is 9.82. The van der Waals surface area contributed by atoms with Crippen molar-refractivity contribution in [2.75, 3.05) is 10.6 Å². The predicted octanol–water partition coefficient (Wildman–Crippen LogP) is 2.68. The molecule has 0 aliphatic heterocycles. The molecular formula is C18H23N5O2. The van der Waals surface area contributed by atoms with Crippen molar-refractivity contribution in [1.82, 2.24) is 14.8 Å². The summed E-state index contributed by atoms with van der Waals surface area (Å²) >= 11 is 0. The molecule has 0 spiro atoms. The van der Waals surface area contributed by atoms with Crippen molar-refractivity contribution in [2.24, 2.45) is 11.8 Å². The van der Waals surface area contributed by atoms with E-state index in [1.54, 1.807) is 36.9 Å². The highest BCUT2D eigenvalue weighted by Gasteiger charge is 2.25. The smallest absolute Gasteiger partial charge is 0.246 e. The van der Waals surface area contributed by atoms with Crippen LogP contribution in [0.2, 0.25) is 0 Å². The monoisotopic (exact) mass is 341 g/mol. The van der Waals surface area contributed by atoms with Gasteiger partial charge in [-0.25, -0.2) is 0 Å². The lowest BCUT2D eigenvalue weighted by Crippen LogP contribution is -2.27. The summed E-state index contributed by atoms with van der Waals surface area (Å²) in [6.07, 6.45) is 10.7. The van der Waals surface area contributed by atoms with Crippen LogP contribution in [-0.4, -0.2) is 26.6 Å². The second-order valence-corrected chi connectivity index (χ2v) is 6.67. The van der Waals surface area contributed by atoms with Crippen LogP contribution >= 0.6 is 0 Å². The van der Waals surface area contributed by atoms with Crippen LogP contribution in [0.4, 0.5) is 11.4 Å². The van der Waals surface area contributed by atoms with Gasteiger partial charge in [-0.3, -0.25) is 19.3 Å². The largest absolute Gasteiger partial charge is 0.323 e. The average Bonchev–Trinajstić information content (AvgIpc) is 3.02. The number of anilines is 2. The molecule has 7 heteroatoms. The molecule has 1 aliphatic rings. The number of nitrogens with one attached hydrogen (secondary N) is 2. The number of rotatable bonds is 5. The summed E-state index contributed by atoms with van der Waals surface area (Å²) in [7, 11) is 0. The lowest BCUT2D eigenvalue weighted by Gasteiger charge is -2.25. The van der Waals surface area contributed by atoms with Gasteiger partial charge in [-0.1, -0.05) is 19.8 Å². The molecule has 2 aromatic heterocycles. The number of aromatic nitrogens is 3. The molecule has 132 valence electrons. The van der Waals surface area contributed by atoms with Gasteiger partial charge < -0.3 is 10.6 Å². The van der Waals surface area contributed by atoms with Gasteiger partial charge in [-0.15, -0.1) is 0 Å². The highest BCUT2D eigenvalue weighted by Crippen LogP contribution is 2.29. The molecule has 0 unspecified atom stereocenters. The van der Waals surface area contributed by atoms with Crippen LogP contribution in [-0.2, 0) is 16.1 Å². The second-order valence-electron chi connectivity index (χ2n) is 6.67. The third-order valence-electron chi connectivity index (χ3n) is 4.46. The summed E-state index contributed by atoms with van der Waals surface area (Å²) in [5.74, 6) is 0.519. The SMILES string of the molecule is C[C@H]1CCC[C@H](C(=O)Nc2cnn(CC(=O)Nc3cccnc3)c2)C1. The first-order chi connectivity index (χ1) is 12.1. The maximum Gasteiger partial charge on any atom is 0.246 e. The molecule has 0 saturated heterocycles. The molecule has 0 aromatic carbocycles. The Hall–Kier alpha value is -2.70. The Morgan fingerprint density at radius 3 is 2.88 bits per heavy atom. The highest BCUT2D eigenvalue weighted by atomic mass is 16.2. The first-order valence-electron chi connectivity index (χ1n) is 8.63. The minimum atomic E-state index is -0.199. The topological polar surface area (TPSA) is 88.9 Å². The Balaban J connectivity index is 1.51. The minimum absolute atomic E-state index is 0.0471. The molecule has 2 atom stereocenters. The summed E-state index contributed by atoms with van der Waals surface area (Å²) in [6.45, 7) is 2.27. The van der Waals surface area contributed by atoms with Crippen molar-refractivity contribution in [3.8, 4) is 0 Å². The standard InChI is InChI=1S/C18H23N5O2/c1-13-4-2-5-14(8-13)18(25)22-16-10-20-23(11-16)12-17(24)21-15-6-3-7-19-9-15/h3,6-7,9-11,13-14H,2,4-5,8,12H2,1H3,(H,21,24)(H,22,25)/t13-,14-/m0/s1. The van der Waals surface area contributed by atoms with Crippen molar-refractivity contribution in [3.05, 3.63) is 36.9 Å². The van der Waals surface area contributed by atoms with Crippen molar-refractivity contribution < 1.29 is 9.59 Å². The van der Waals surface area contributed by atoms with E-state index in [2.05, 4.69) is 27.6 Å². The third kappa shape index (κ3) is 4.89. The molecule has 1 fully saturated rings. The van der Waals surface area contributed by atoms with Gasteiger partial charge in [-0.2, -0.15) is 5.10 Å². The Kier molecular flexibility index (Phi) is 5.42. The van der Waals surface area contributed by atoms with Crippen LogP contribution in [0.5, 0.6) is 0 Å². The normalized spacial score (nSPS) is 20.0. The van der Waals surface area contributed by atoms with Crippen LogP contribution in [0.25, 0.3) is 0 Å². The van der Waals surface area contributed by atoms with E-state index in [9.17, 15) is 9.59 Å². The number of nitrogens with zero attached hydrogens (tertiary/aromatic N) is 3. The van der Waals surface area contributed by atoms with Crippen LogP contribution in [0.1, 0.15) is 32.6 Å². The van der Waals surface area contributed by atoms with Gasteiger partial charge in [0.1, 0.15) is 6.54 Å². The van der Waals surface area contributed by atoms with Gasteiger partial charge >= 0.3 is 0 Å². The van der Waals surface area contributed by atoms with Crippen molar-refractivity contribution in [1.29, 1.82) is 0 Å². The minimum Gasteiger partial charge on any atom is -0.323 e. The Morgan fingerprint density at radius 2 is 2.12 bits per heavy atom. The summed E-state index contributed by atoms with van der Waals surface area (Å²) < 4.78 is 1.50. The zero-order chi connectivity index (χ0) is 17.6. The fourth-order valence-electron chi connectivity index (χ4n) is 3.22. The summed E-state index contributed by atoms with van der Waals surface area (Å²) in [5.41, 5.74) is 1.26. The average molecular weight is 341 g/mol. The van der Waals surface area contributed by atoms with Gasteiger partial charge in [0.2, 0.25) is 11.8 Å². The molecule has 2 aromatic rings. The molecule has 0 radical (unpaired) electrons. The molecule has 3 rings (SSSR count). The van der Waals surface area contributed by atoms with E-state index in [0.29, 0.717) is 17.3 Å². The van der Waals surface area contributed by atoms with Gasteiger partial charge in [0.15, 0.2) is 0 Å². The van der Waals surface area contributed by atoms with Gasteiger partial charge in [-0.05, 0) is 30.9 Å². The number of hydrogen-bond donors (Lipinski definition) is 2. The van der Waals surface area contributed by atoms with E-state index < -0.39 is 0 Å². The lowest BCUT2D eigenvalue weighted by molar-refractivity contribution is -0.121. The Labute approximate surface area is 146 Å². The quantitative estimate of drug-likeness (QED) is 0.875. The summed E-state index contributed by atoms with van der Waals surface area (Å²) in [4.78, 5) is 28.3. The number of pyridine rings is 1. The Morgan fingerprint density at radius 1 is 1.24 bits per heavy atom. The van der Waals surface area contributed by atoms with E-state index in [1.165, 1.54) is 11.1 Å². The summed E-state index contributed by atoms with van der Waals surface area (Å²) in [5, 5.41) is 9.80. The van der Waals surface area contributed by atoms with E-state index in [-0.39, 0.29) is 24.3 Å². The van der Waals surface area contributed by atoms with Gasteiger partial charge in [0.05, 0.1) is 23.8 Å². The van der Waals surface area contributed by atoms with Gasteiger partial charge in [0.25, 0.3) is 0 Å². The number of carbonyl (C=O) groups is 2. The van der Waals surface area contributed by atoms with E-state index in [0.717, 1.165) is 19.3 Å². The molecule has 0 bridgehead atoms. The van der Waals surface area contributed by atoms with Gasteiger partial charge in [0, 0.05) is 18.3 Å². The van der Waals surface area contributed by atoms with Crippen LogP contribution in [0.3, 0.4) is 0 Å². The second kappa shape index (κ2) is 7.92. The number of carbonyl (C=O) groups excluding carboxylic acids is 2. The maximum atomic E-state index is 12.4. The molecule has 1 saturated carbocycles. The number of amides is 2. The predicted molar refractivity (Wildman–Crippen MR) is 94.8 cm³/mol. The first kappa shape index (κ1) is 17.1. The van der Waals surface area contributed by atoms with E-state index in [4.69, 9.17) is 0 Å². The van der Waals surface area contributed by atoms with E-state index >= 15 is 0 Å². The van der Waals surface area contributed by atoms with Crippen LogP contribution in [0.15, 0.2) is 36.9 Å². The molecular weight excluding hydrogens is 318 g/mol. The van der Waals surface area contributed by atoms with Crippen LogP contribution in [0, 0.1) is 11.8 Å². The molecule has 2 heterocycles.